The van der Waals surface area contributed by atoms with Crippen LogP contribution in [0.15, 0.2) is 12.1 Å². The van der Waals surface area contributed by atoms with Crippen LogP contribution in [-0.2, 0) is 4.79 Å². The molecule has 6 nitrogen and oxygen atoms in total. The number of anilines is 1. The lowest BCUT2D eigenvalue weighted by atomic mass is 10.0. The Bertz CT molecular complexity index is 607. The van der Waals surface area contributed by atoms with E-state index in [1.807, 2.05) is 32.9 Å². The highest BCUT2D eigenvalue weighted by Gasteiger charge is 2.26. The number of ether oxygens (including phenoxy) is 1. The second-order valence-electron chi connectivity index (χ2n) is 6.80. The van der Waals surface area contributed by atoms with E-state index in [1.54, 1.807) is 7.11 Å². The number of nitrogens with one attached hydrogen (secondary N) is 3. The number of carbonyl (C=O) groups excluding carboxylic acids is 2. The molecule has 0 saturated carbocycles. The van der Waals surface area contributed by atoms with Crippen molar-refractivity contribution in [3.8, 4) is 5.75 Å². The van der Waals surface area contributed by atoms with Crippen molar-refractivity contribution >= 4 is 17.6 Å². The maximum Gasteiger partial charge on any atom is 0.315 e. The molecule has 0 radical (unpaired) electrons. The topological polar surface area (TPSA) is 79.5 Å². The van der Waals surface area contributed by atoms with Crippen LogP contribution in [0.2, 0.25) is 0 Å². The number of carbonyl (C=O) groups is 2. The van der Waals surface area contributed by atoms with E-state index in [0.717, 1.165) is 48.2 Å². The molecule has 0 bridgehead atoms. The Morgan fingerprint density at radius 3 is 2.40 bits per heavy atom. The number of hydrogen-bond acceptors (Lipinski definition) is 3. The van der Waals surface area contributed by atoms with Gasteiger partial charge in [-0.1, -0.05) is 12.8 Å². The van der Waals surface area contributed by atoms with Crippen LogP contribution in [0.1, 0.15) is 50.2 Å². The maximum absolute atomic E-state index is 12.1. The van der Waals surface area contributed by atoms with Gasteiger partial charge in [-0.3, -0.25) is 4.79 Å². The second kappa shape index (κ2) is 8.74. The molecule has 138 valence electrons. The number of benzene rings is 1. The van der Waals surface area contributed by atoms with Crippen LogP contribution in [0.5, 0.6) is 5.75 Å². The van der Waals surface area contributed by atoms with Gasteiger partial charge in [-0.2, -0.15) is 0 Å². The van der Waals surface area contributed by atoms with Crippen LogP contribution in [-0.4, -0.2) is 31.1 Å². The molecule has 1 aliphatic rings. The monoisotopic (exact) mass is 347 g/mol. The summed E-state index contributed by atoms with van der Waals surface area (Å²) < 4.78 is 5.34. The predicted molar refractivity (Wildman–Crippen MR) is 99.1 cm³/mol. The fourth-order valence-electron chi connectivity index (χ4n) is 3.36. The standard InChI is InChI=1S/C19H29N3O3/c1-12-10-15(11-13(2)18(12)25-4)21-17(23)9-7-5-6-8-16-14(3)20-19(24)22-16/h10-11,14,16H,5-9H2,1-4H3,(H,21,23)(H2,20,22,24). The van der Waals surface area contributed by atoms with Crippen LogP contribution in [0.25, 0.3) is 0 Å². The summed E-state index contributed by atoms with van der Waals surface area (Å²) in [5.41, 5.74) is 2.84. The van der Waals surface area contributed by atoms with Gasteiger partial charge in [0.05, 0.1) is 13.2 Å². The summed E-state index contributed by atoms with van der Waals surface area (Å²) in [5, 5.41) is 8.72. The summed E-state index contributed by atoms with van der Waals surface area (Å²) in [5.74, 6) is 0.897. The smallest absolute Gasteiger partial charge is 0.315 e. The third kappa shape index (κ3) is 5.37. The van der Waals surface area contributed by atoms with Crippen LogP contribution in [0.4, 0.5) is 10.5 Å². The molecule has 2 atom stereocenters. The highest BCUT2D eigenvalue weighted by Crippen LogP contribution is 2.26. The van der Waals surface area contributed by atoms with Crippen molar-refractivity contribution in [1.82, 2.24) is 10.6 Å². The second-order valence-corrected chi connectivity index (χ2v) is 6.80. The molecule has 1 fully saturated rings. The van der Waals surface area contributed by atoms with Gasteiger partial charge in [0, 0.05) is 18.2 Å². The number of amides is 3. The first-order valence-electron chi connectivity index (χ1n) is 8.93. The molecule has 2 unspecified atom stereocenters. The summed E-state index contributed by atoms with van der Waals surface area (Å²) >= 11 is 0. The van der Waals surface area contributed by atoms with Crippen molar-refractivity contribution in [3.63, 3.8) is 0 Å². The van der Waals surface area contributed by atoms with Crippen molar-refractivity contribution in [2.75, 3.05) is 12.4 Å². The van der Waals surface area contributed by atoms with Gasteiger partial charge in [0.25, 0.3) is 0 Å². The van der Waals surface area contributed by atoms with Gasteiger partial charge in [0.2, 0.25) is 5.91 Å². The molecule has 25 heavy (non-hydrogen) atoms. The Morgan fingerprint density at radius 1 is 1.16 bits per heavy atom. The quantitative estimate of drug-likeness (QED) is 0.632. The fraction of sp³-hybridized carbons (Fsp3) is 0.579. The first kappa shape index (κ1) is 19.1. The molecule has 1 aromatic carbocycles. The van der Waals surface area contributed by atoms with Crippen molar-refractivity contribution in [2.24, 2.45) is 0 Å². The van der Waals surface area contributed by atoms with E-state index in [0.29, 0.717) is 6.42 Å². The molecular formula is C19H29N3O3. The molecule has 3 amide bonds. The van der Waals surface area contributed by atoms with E-state index in [-0.39, 0.29) is 24.0 Å². The van der Waals surface area contributed by atoms with Gasteiger partial charge in [-0.15, -0.1) is 0 Å². The predicted octanol–water partition coefficient (Wildman–Crippen LogP) is 3.27. The molecular weight excluding hydrogens is 318 g/mol. The van der Waals surface area contributed by atoms with Gasteiger partial charge >= 0.3 is 6.03 Å². The lowest BCUT2D eigenvalue weighted by molar-refractivity contribution is -0.116. The average molecular weight is 347 g/mol. The molecule has 6 heteroatoms. The van der Waals surface area contributed by atoms with E-state index < -0.39 is 0 Å². The maximum atomic E-state index is 12.1. The van der Waals surface area contributed by atoms with Gasteiger partial charge in [0.1, 0.15) is 5.75 Å². The van der Waals surface area contributed by atoms with Crippen LogP contribution >= 0.6 is 0 Å². The Balaban J connectivity index is 1.68. The van der Waals surface area contributed by atoms with E-state index in [9.17, 15) is 9.59 Å². The number of urea groups is 1. The lowest BCUT2D eigenvalue weighted by Crippen LogP contribution is -2.30. The fourth-order valence-corrected chi connectivity index (χ4v) is 3.36. The lowest BCUT2D eigenvalue weighted by Gasteiger charge is -2.14. The first-order chi connectivity index (χ1) is 11.9. The first-order valence-corrected chi connectivity index (χ1v) is 8.93. The zero-order valence-corrected chi connectivity index (χ0v) is 15.6. The number of rotatable bonds is 8. The summed E-state index contributed by atoms with van der Waals surface area (Å²) in [6.07, 6.45) is 4.29. The summed E-state index contributed by atoms with van der Waals surface area (Å²) in [6, 6.07) is 4.16. The third-order valence-corrected chi connectivity index (χ3v) is 4.65. The minimum absolute atomic E-state index is 0.0353. The Labute approximate surface area is 149 Å². The molecule has 2 rings (SSSR count). The number of methoxy groups -OCH3 is 1. The molecule has 3 N–H and O–H groups in total. The Hall–Kier alpha value is -2.24. The zero-order valence-electron chi connectivity index (χ0n) is 15.6. The summed E-state index contributed by atoms with van der Waals surface area (Å²) in [4.78, 5) is 23.3. The molecule has 1 aromatic rings. The summed E-state index contributed by atoms with van der Waals surface area (Å²) in [7, 11) is 1.65. The van der Waals surface area contributed by atoms with E-state index in [4.69, 9.17) is 4.74 Å². The van der Waals surface area contributed by atoms with Gasteiger partial charge < -0.3 is 20.7 Å². The normalized spacial score (nSPS) is 19.3. The highest BCUT2D eigenvalue weighted by molar-refractivity contribution is 5.91. The average Bonchev–Trinajstić information content (AvgIpc) is 2.84. The molecule has 1 aliphatic heterocycles. The Kier molecular flexibility index (Phi) is 6.67. The number of aryl methyl sites for hydroxylation is 2. The van der Waals surface area contributed by atoms with Gasteiger partial charge in [0.15, 0.2) is 0 Å². The Morgan fingerprint density at radius 2 is 1.84 bits per heavy atom. The van der Waals surface area contributed by atoms with E-state index in [1.165, 1.54) is 0 Å². The van der Waals surface area contributed by atoms with Crippen molar-refractivity contribution < 1.29 is 14.3 Å². The van der Waals surface area contributed by atoms with E-state index in [2.05, 4.69) is 16.0 Å². The third-order valence-electron chi connectivity index (χ3n) is 4.65. The SMILES string of the molecule is COc1c(C)cc(NC(=O)CCCCCC2NC(=O)NC2C)cc1C. The minimum atomic E-state index is -0.0815. The highest BCUT2D eigenvalue weighted by atomic mass is 16.5. The molecule has 0 spiro atoms. The largest absolute Gasteiger partial charge is 0.496 e. The van der Waals surface area contributed by atoms with Crippen molar-refractivity contribution in [2.45, 2.75) is 65.0 Å². The molecule has 1 saturated heterocycles. The molecule has 0 aromatic heterocycles. The van der Waals surface area contributed by atoms with Crippen LogP contribution in [0.3, 0.4) is 0 Å². The molecule has 1 heterocycles. The van der Waals surface area contributed by atoms with Crippen LogP contribution < -0.4 is 20.7 Å². The molecule has 0 aliphatic carbocycles. The van der Waals surface area contributed by atoms with Crippen molar-refractivity contribution in [3.05, 3.63) is 23.3 Å². The summed E-state index contributed by atoms with van der Waals surface area (Å²) in [6.45, 7) is 5.95. The minimum Gasteiger partial charge on any atom is -0.496 e. The van der Waals surface area contributed by atoms with E-state index >= 15 is 0 Å². The van der Waals surface area contributed by atoms with Gasteiger partial charge in [-0.25, -0.2) is 4.79 Å². The van der Waals surface area contributed by atoms with Crippen LogP contribution in [0, 0.1) is 13.8 Å². The van der Waals surface area contributed by atoms with Crippen molar-refractivity contribution in [1.29, 1.82) is 0 Å². The number of unbranched alkanes of at least 4 members (excludes halogenated alkanes) is 2. The van der Waals surface area contributed by atoms with Gasteiger partial charge in [-0.05, 0) is 56.9 Å². The number of hydrogen-bond donors (Lipinski definition) is 3. The zero-order chi connectivity index (χ0) is 18.4.